The minimum absolute atomic E-state index is 0.0280. The maximum atomic E-state index is 13.3. The van der Waals surface area contributed by atoms with E-state index in [4.69, 9.17) is 10.5 Å². The predicted molar refractivity (Wildman–Crippen MR) is 164 cm³/mol. The second kappa shape index (κ2) is 14.1. The summed E-state index contributed by atoms with van der Waals surface area (Å²) in [6.07, 6.45) is 3.39. The summed E-state index contributed by atoms with van der Waals surface area (Å²) in [6, 6.07) is 24.5. The molecule has 3 aromatic carbocycles. The number of carbonyl (C=O) groups is 2. The Hall–Kier alpha value is -3.88. The first-order valence-electron chi connectivity index (χ1n) is 14.7. The fraction of sp³-hybridized carbons (Fsp3) is 0.394. The zero-order valence-electron chi connectivity index (χ0n) is 23.8. The molecule has 0 aliphatic carbocycles. The summed E-state index contributed by atoms with van der Waals surface area (Å²) >= 11 is 0. The number of ether oxygens (including phenoxy) is 1. The highest BCUT2D eigenvalue weighted by Crippen LogP contribution is 2.34. The van der Waals surface area contributed by atoms with Crippen LogP contribution in [0.15, 0.2) is 72.8 Å². The van der Waals surface area contributed by atoms with Crippen LogP contribution in [0.1, 0.15) is 30.4 Å². The molecule has 0 spiro atoms. The molecule has 2 fully saturated rings. The molecule has 0 aromatic heterocycles. The number of carbonyl (C=O) groups excluding carboxylic acids is 2. The SMILES string of the molecule is NCCCN(Cc1cccc(-c2ccc(N3CCCC3)c(NC(=O)Cc3ccccc3)c2)c1)C(=O)N1CCOCC1. The van der Waals surface area contributed by atoms with Gasteiger partial charge in [0.15, 0.2) is 0 Å². The molecule has 2 saturated heterocycles. The molecular formula is C33H41N5O3. The average molecular weight is 556 g/mol. The van der Waals surface area contributed by atoms with Gasteiger partial charge in [-0.15, -0.1) is 0 Å². The van der Waals surface area contributed by atoms with Crippen LogP contribution >= 0.6 is 0 Å². The first kappa shape index (κ1) is 28.6. The van der Waals surface area contributed by atoms with Crippen molar-refractivity contribution in [1.82, 2.24) is 9.80 Å². The van der Waals surface area contributed by atoms with Gasteiger partial charge in [-0.3, -0.25) is 4.79 Å². The third-order valence-electron chi connectivity index (χ3n) is 7.74. The zero-order chi connectivity index (χ0) is 28.4. The minimum atomic E-state index is -0.0280. The van der Waals surface area contributed by atoms with E-state index < -0.39 is 0 Å². The first-order chi connectivity index (χ1) is 20.1. The summed E-state index contributed by atoms with van der Waals surface area (Å²) in [5.41, 5.74) is 11.8. The molecule has 2 aliphatic heterocycles. The molecule has 3 aromatic rings. The van der Waals surface area contributed by atoms with Gasteiger partial charge in [-0.1, -0.05) is 54.6 Å². The second-order valence-electron chi connectivity index (χ2n) is 10.8. The third-order valence-corrected chi connectivity index (χ3v) is 7.74. The van der Waals surface area contributed by atoms with Crippen LogP contribution < -0.4 is 16.0 Å². The molecule has 0 radical (unpaired) electrons. The van der Waals surface area contributed by atoms with Gasteiger partial charge in [-0.05, 0) is 66.3 Å². The number of rotatable bonds is 10. The lowest BCUT2D eigenvalue weighted by Crippen LogP contribution is -2.48. The Labute approximate surface area is 243 Å². The number of benzene rings is 3. The summed E-state index contributed by atoms with van der Waals surface area (Å²) in [7, 11) is 0. The maximum absolute atomic E-state index is 13.3. The highest BCUT2D eigenvalue weighted by Gasteiger charge is 2.23. The molecule has 0 saturated carbocycles. The van der Waals surface area contributed by atoms with E-state index in [2.05, 4.69) is 46.6 Å². The van der Waals surface area contributed by atoms with E-state index in [1.165, 1.54) is 0 Å². The Morgan fingerprint density at radius 3 is 2.34 bits per heavy atom. The van der Waals surface area contributed by atoms with Crippen molar-refractivity contribution in [2.45, 2.75) is 32.2 Å². The Balaban J connectivity index is 1.37. The van der Waals surface area contributed by atoms with Crippen molar-refractivity contribution in [2.75, 3.05) is 62.7 Å². The number of hydrogen-bond acceptors (Lipinski definition) is 5. The number of nitrogens with two attached hydrogens (primary N) is 1. The Kier molecular flexibility index (Phi) is 9.88. The van der Waals surface area contributed by atoms with Crippen molar-refractivity contribution in [3.63, 3.8) is 0 Å². The fourth-order valence-corrected chi connectivity index (χ4v) is 5.57. The first-order valence-corrected chi connectivity index (χ1v) is 14.7. The van der Waals surface area contributed by atoms with Gasteiger partial charge in [0.25, 0.3) is 0 Å². The summed E-state index contributed by atoms with van der Waals surface area (Å²) in [5.74, 6) is -0.0280. The molecule has 216 valence electrons. The van der Waals surface area contributed by atoms with E-state index >= 15 is 0 Å². The quantitative estimate of drug-likeness (QED) is 0.377. The molecule has 2 heterocycles. The van der Waals surface area contributed by atoms with Crippen molar-refractivity contribution >= 4 is 23.3 Å². The molecule has 2 aliphatic rings. The van der Waals surface area contributed by atoms with Gasteiger partial charge in [0.1, 0.15) is 0 Å². The summed E-state index contributed by atoms with van der Waals surface area (Å²) in [5, 5.41) is 3.21. The number of morpholine rings is 1. The molecule has 8 heteroatoms. The number of nitrogens with one attached hydrogen (secondary N) is 1. The monoisotopic (exact) mass is 555 g/mol. The van der Waals surface area contributed by atoms with Crippen LogP contribution in [0.4, 0.5) is 16.2 Å². The van der Waals surface area contributed by atoms with Gasteiger partial charge < -0.3 is 30.5 Å². The van der Waals surface area contributed by atoms with Gasteiger partial charge in [-0.25, -0.2) is 4.79 Å². The molecule has 3 N–H and O–H groups in total. The molecule has 0 unspecified atom stereocenters. The average Bonchev–Trinajstić information content (AvgIpc) is 3.55. The number of anilines is 2. The predicted octanol–water partition coefficient (Wildman–Crippen LogP) is 4.74. The molecule has 3 amide bonds. The van der Waals surface area contributed by atoms with Crippen molar-refractivity contribution in [3.8, 4) is 11.1 Å². The van der Waals surface area contributed by atoms with Gasteiger partial charge in [-0.2, -0.15) is 0 Å². The van der Waals surface area contributed by atoms with E-state index in [1.54, 1.807) is 0 Å². The Morgan fingerprint density at radius 1 is 0.854 bits per heavy atom. The topological polar surface area (TPSA) is 91.1 Å². The largest absolute Gasteiger partial charge is 0.378 e. The fourth-order valence-electron chi connectivity index (χ4n) is 5.57. The lowest BCUT2D eigenvalue weighted by Gasteiger charge is -2.33. The minimum Gasteiger partial charge on any atom is -0.378 e. The van der Waals surface area contributed by atoms with Crippen LogP contribution in [0.5, 0.6) is 0 Å². The van der Waals surface area contributed by atoms with Crippen LogP contribution in [0.25, 0.3) is 11.1 Å². The smallest absolute Gasteiger partial charge is 0.320 e. The zero-order valence-corrected chi connectivity index (χ0v) is 23.8. The summed E-state index contributed by atoms with van der Waals surface area (Å²) < 4.78 is 5.44. The maximum Gasteiger partial charge on any atom is 0.320 e. The molecule has 5 rings (SSSR count). The van der Waals surface area contributed by atoms with Gasteiger partial charge in [0.2, 0.25) is 5.91 Å². The number of hydrogen-bond donors (Lipinski definition) is 2. The number of amides is 3. The normalized spacial score (nSPS) is 15.1. The van der Waals surface area contributed by atoms with E-state index in [9.17, 15) is 9.59 Å². The second-order valence-corrected chi connectivity index (χ2v) is 10.8. The van der Waals surface area contributed by atoms with Crippen LogP contribution in [-0.2, 0) is 22.5 Å². The molecule has 41 heavy (non-hydrogen) atoms. The number of nitrogens with zero attached hydrogens (tertiary/aromatic N) is 3. The summed E-state index contributed by atoms with van der Waals surface area (Å²) in [4.78, 5) is 32.5. The van der Waals surface area contributed by atoms with E-state index in [-0.39, 0.29) is 11.9 Å². The third kappa shape index (κ3) is 7.65. The standard InChI is InChI=1S/C33H41N5O3/c34-14-7-17-38(33(40)37-18-20-41-21-19-37)25-27-10-6-11-28(22-27)29-12-13-31(36-15-4-5-16-36)30(24-29)35-32(39)23-26-8-2-1-3-9-26/h1-3,6,8-13,22,24H,4-5,7,14-21,23,25,34H2,(H,35,39). The Bertz CT molecular complexity index is 1300. The van der Waals surface area contributed by atoms with E-state index in [0.29, 0.717) is 52.4 Å². The Morgan fingerprint density at radius 2 is 1.59 bits per heavy atom. The van der Waals surface area contributed by atoms with Crippen LogP contribution in [0, 0.1) is 0 Å². The van der Waals surface area contributed by atoms with Crippen LogP contribution in [-0.4, -0.2) is 74.2 Å². The molecule has 8 nitrogen and oxygen atoms in total. The lowest BCUT2D eigenvalue weighted by atomic mass is 10.0. The highest BCUT2D eigenvalue weighted by atomic mass is 16.5. The van der Waals surface area contributed by atoms with Crippen molar-refractivity contribution in [2.24, 2.45) is 5.73 Å². The molecule has 0 bridgehead atoms. The van der Waals surface area contributed by atoms with Crippen LogP contribution in [0.2, 0.25) is 0 Å². The van der Waals surface area contributed by atoms with Gasteiger partial charge >= 0.3 is 6.03 Å². The lowest BCUT2D eigenvalue weighted by molar-refractivity contribution is -0.115. The van der Waals surface area contributed by atoms with Gasteiger partial charge in [0.05, 0.1) is 31.0 Å². The number of urea groups is 1. The van der Waals surface area contributed by atoms with Crippen molar-refractivity contribution in [1.29, 1.82) is 0 Å². The van der Waals surface area contributed by atoms with Crippen molar-refractivity contribution < 1.29 is 14.3 Å². The summed E-state index contributed by atoms with van der Waals surface area (Å²) in [6.45, 7) is 6.01. The van der Waals surface area contributed by atoms with E-state index in [0.717, 1.165) is 66.0 Å². The van der Waals surface area contributed by atoms with Crippen LogP contribution in [0.3, 0.4) is 0 Å². The molecule has 0 atom stereocenters. The molecular weight excluding hydrogens is 514 g/mol. The van der Waals surface area contributed by atoms with Crippen molar-refractivity contribution in [3.05, 3.63) is 83.9 Å². The van der Waals surface area contributed by atoms with Gasteiger partial charge in [0, 0.05) is 39.3 Å². The highest BCUT2D eigenvalue weighted by molar-refractivity contribution is 5.96. The van der Waals surface area contributed by atoms with E-state index in [1.807, 2.05) is 46.2 Å².